The average molecular weight is 256 g/mol. The molecule has 16 heavy (non-hydrogen) atoms. The lowest BCUT2D eigenvalue weighted by molar-refractivity contribution is 0.0777. The number of imide groups is 1. The molecule has 0 saturated heterocycles. The Bertz CT molecular complexity index is 412. The number of benzene rings is 1. The number of hydrogen-bond acceptors (Lipinski definition) is 3. The van der Waals surface area contributed by atoms with Gasteiger partial charge in [0.05, 0.1) is 11.1 Å². The second-order valence-corrected chi connectivity index (χ2v) is 5.23. The topological polar surface area (TPSA) is 37.4 Å². The van der Waals surface area contributed by atoms with Crippen LogP contribution < -0.4 is 0 Å². The summed E-state index contributed by atoms with van der Waals surface area (Å²) < 4.78 is 1.18. The Morgan fingerprint density at radius 3 is 2.19 bits per heavy atom. The van der Waals surface area contributed by atoms with Crippen molar-refractivity contribution in [2.24, 2.45) is 0 Å². The Morgan fingerprint density at radius 2 is 1.75 bits per heavy atom. The maximum absolute atomic E-state index is 11.9. The average Bonchev–Trinajstić information content (AvgIpc) is 2.50. The molecule has 0 spiro atoms. The molecule has 0 saturated carbocycles. The van der Waals surface area contributed by atoms with Gasteiger partial charge in [0.15, 0.2) is 0 Å². The van der Waals surface area contributed by atoms with Crippen molar-refractivity contribution in [3.63, 3.8) is 0 Å². The molecule has 0 aliphatic carbocycles. The molecule has 1 aliphatic heterocycles. The van der Waals surface area contributed by atoms with Gasteiger partial charge in [-0.3, -0.25) is 9.59 Å². The summed E-state index contributed by atoms with van der Waals surface area (Å²) in [5, 5.41) is -0.0747. The number of carbonyl (C=O) groups excluding carboxylic acids is 2. The van der Waals surface area contributed by atoms with Gasteiger partial charge in [-0.15, -0.1) is 11.6 Å². The Kier molecular flexibility index (Phi) is 3.21. The van der Waals surface area contributed by atoms with Crippen molar-refractivity contribution in [3.05, 3.63) is 35.4 Å². The largest absolute Gasteiger partial charge is 0.271 e. The molecule has 1 atom stereocenters. The lowest BCUT2D eigenvalue weighted by Gasteiger charge is -2.12. The molecular formula is C11H10ClNO2S. The number of alkyl halides is 1. The first kappa shape index (κ1) is 11.5. The van der Waals surface area contributed by atoms with E-state index in [4.69, 9.17) is 11.6 Å². The van der Waals surface area contributed by atoms with E-state index >= 15 is 0 Å². The van der Waals surface area contributed by atoms with Gasteiger partial charge in [-0.2, -0.15) is 0 Å². The molecule has 1 aromatic rings. The van der Waals surface area contributed by atoms with Crippen molar-refractivity contribution in [2.75, 3.05) is 5.75 Å². The number of hydrogen-bond donors (Lipinski definition) is 0. The highest BCUT2D eigenvalue weighted by molar-refractivity contribution is 7.98. The number of halogens is 1. The van der Waals surface area contributed by atoms with Crippen LogP contribution in [0.25, 0.3) is 0 Å². The van der Waals surface area contributed by atoms with E-state index in [1.807, 2.05) is 6.92 Å². The molecule has 1 heterocycles. The van der Waals surface area contributed by atoms with E-state index in [0.717, 1.165) is 0 Å². The third-order valence-electron chi connectivity index (χ3n) is 2.19. The van der Waals surface area contributed by atoms with Crippen LogP contribution in [0.3, 0.4) is 0 Å². The van der Waals surface area contributed by atoms with Crippen molar-refractivity contribution in [1.29, 1.82) is 0 Å². The first-order valence-corrected chi connectivity index (χ1v) is 6.24. The summed E-state index contributed by atoms with van der Waals surface area (Å²) in [6, 6.07) is 6.84. The van der Waals surface area contributed by atoms with E-state index in [2.05, 4.69) is 0 Å². The molecule has 0 fully saturated rings. The summed E-state index contributed by atoms with van der Waals surface area (Å²) in [7, 11) is 0. The highest BCUT2D eigenvalue weighted by atomic mass is 35.5. The van der Waals surface area contributed by atoms with Crippen LogP contribution >= 0.6 is 23.5 Å². The Hall–Kier alpha value is -1.00. The van der Waals surface area contributed by atoms with Crippen molar-refractivity contribution in [2.45, 2.75) is 12.3 Å². The molecule has 3 nitrogen and oxygen atoms in total. The van der Waals surface area contributed by atoms with Crippen molar-refractivity contribution >= 4 is 35.4 Å². The monoisotopic (exact) mass is 255 g/mol. The third-order valence-corrected chi connectivity index (χ3v) is 3.77. The van der Waals surface area contributed by atoms with Crippen LogP contribution in [0.2, 0.25) is 0 Å². The van der Waals surface area contributed by atoms with Gasteiger partial charge in [-0.1, -0.05) is 12.1 Å². The maximum Gasteiger partial charge on any atom is 0.271 e. The Morgan fingerprint density at radius 1 is 1.25 bits per heavy atom. The zero-order valence-electron chi connectivity index (χ0n) is 8.64. The number of rotatable bonds is 3. The fourth-order valence-corrected chi connectivity index (χ4v) is 2.42. The van der Waals surface area contributed by atoms with E-state index in [1.54, 1.807) is 24.3 Å². The molecule has 1 aromatic carbocycles. The van der Waals surface area contributed by atoms with Crippen LogP contribution in [-0.2, 0) is 0 Å². The van der Waals surface area contributed by atoms with Gasteiger partial charge < -0.3 is 0 Å². The molecule has 1 aliphatic rings. The van der Waals surface area contributed by atoms with Gasteiger partial charge in [0.2, 0.25) is 0 Å². The molecule has 0 N–H and O–H groups in total. The number of carbonyl (C=O) groups is 2. The van der Waals surface area contributed by atoms with Gasteiger partial charge in [-0.25, -0.2) is 4.31 Å². The Labute approximate surface area is 103 Å². The second-order valence-electron chi connectivity index (χ2n) is 3.53. The molecular weight excluding hydrogens is 246 g/mol. The van der Waals surface area contributed by atoms with Gasteiger partial charge >= 0.3 is 0 Å². The van der Waals surface area contributed by atoms with Crippen LogP contribution in [0.5, 0.6) is 0 Å². The zero-order valence-corrected chi connectivity index (χ0v) is 10.2. The van der Waals surface area contributed by atoms with Gasteiger partial charge in [0.1, 0.15) is 0 Å². The minimum atomic E-state index is -0.247. The molecule has 84 valence electrons. The smallest absolute Gasteiger partial charge is 0.268 e. The number of fused-ring (bicyclic) bond motifs is 1. The predicted octanol–water partition coefficient (Wildman–Crippen LogP) is 2.56. The molecule has 0 bridgehead atoms. The van der Waals surface area contributed by atoms with Crippen LogP contribution in [0.15, 0.2) is 24.3 Å². The van der Waals surface area contributed by atoms with E-state index in [9.17, 15) is 9.59 Å². The molecule has 2 amide bonds. The SMILES string of the molecule is CC(Cl)CSN1C(=O)c2ccccc2C1=O. The fraction of sp³-hybridized carbons (Fsp3) is 0.273. The lowest BCUT2D eigenvalue weighted by atomic mass is 10.1. The zero-order chi connectivity index (χ0) is 11.7. The predicted molar refractivity (Wildman–Crippen MR) is 64.7 cm³/mol. The summed E-state index contributed by atoms with van der Waals surface area (Å²) in [6.07, 6.45) is 0. The van der Waals surface area contributed by atoms with Crippen LogP contribution in [-0.4, -0.2) is 27.2 Å². The van der Waals surface area contributed by atoms with Crippen LogP contribution in [0.1, 0.15) is 27.6 Å². The number of nitrogens with zero attached hydrogens (tertiary/aromatic N) is 1. The van der Waals surface area contributed by atoms with Crippen molar-refractivity contribution in [3.8, 4) is 0 Å². The first-order valence-electron chi connectivity index (χ1n) is 4.86. The van der Waals surface area contributed by atoms with Crippen molar-refractivity contribution < 1.29 is 9.59 Å². The minimum absolute atomic E-state index is 0.0747. The summed E-state index contributed by atoms with van der Waals surface area (Å²) in [5.41, 5.74) is 0.949. The summed E-state index contributed by atoms with van der Waals surface area (Å²) in [4.78, 5) is 23.7. The fourth-order valence-electron chi connectivity index (χ4n) is 1.46. The minimum Gasteiger partial charge on any atom is -0.268 e. The summed E-state index contributed by atoms with van der Waals surface area (Å²) >= 11 is 6.96. The van der Waals surface area contributed by atoms with E-state index in [-0.39, 0.29) is 17.2 Å². The second kappa shape index (κ2) is 4.47. The van der Waals surface area contributed by atoms with Crippen LogP contribution in [0, 0.1) is 0 Å². The molecule has 1 unspecified atom stereocenters. The highest BCUT2D eigenvalue weighted by Crippen LogP contribution is 2.28. The molecule has 2 rings (SSSR count). The van der Waals surface area contributed by atoms with E-state index < -0.39 is 0 Å². The quantitative estimate of drug-likeness (QED) is 0.473. The molecule has 0 aromatic heterocycles. The molecule has 0 radical (unpaired) electrons. The Balaban J connectivity index is 2.22. The van der Waals surface area contributed by atoms with Gasteiger partial charge in [-0.05, 0) is 31.0 Å². The van der Waals surface area contributed by atoms with E-state index in [0.29, 0.717) is 16.9 Å². The lowest BCUT2D eigenvalue weighted by Crippen LogP contribution is -2.23. The summed E-state index contributed by atoms with van der Waals surface area (Å²) in [6.45, 7) is 1.83. The maximum atomic E-state index is 11.9. The third kappa shape index (κ3) is 1.95. The standard InChI is InChI=1S/C11H10ClNO2S/c1-7(12)6-16-13-10(14)8-4-2-3-5-9(8)11(13)15/h2-5,7H,6H2,1H3. The van der Waals surface area contributed by atoms with Crippen LogP contribution in [0.4, 0.5) is 0 Å². The van der Waals surface area contributed by atoms with Gasteiger partial charge in [0.25, 0.3) is 11.8 Å². The normalized spacial score (nSPS) is 16.5. The van der Waals surface area contributed by atoms with E-state index in [1.165, 1.54) is 16.3 Å². The highest BCUT2D eigenvalue weighted by Gasteiger charge is 2.35. The van der Waals surface area contributed by atoms with Crippen molar-refractivity contribution in [1.82, 2.24) is 4.31 Å². The van der Waals surface area contributed by atoms with Gasteiger partial charge in [0, 0.05) is 11.1 Å². The first-order chi connectivity index (χ1) is 7.61. The molecule has 5 heteroatoms. The summed E-state index contributed by atoms with van der Waals surface area (Å²) in [5.74, 6) is 0.0401. The number of amides is 2.